The van der Waals surface area contributed by atoms with Crippen LogP contribution in [0.1, 0.15) is 16.1 Å². The van der Waals surface area contributed by atoms with Gasteiger partial charge in [0.2, 0.25) is 5.95 Å². The molecule has 2 fully saturated rings. The lowest BCUT2D eigenvalue weighted by Crippen LogP contribution is -2.49. The highest BCUT2D eigenvalue weighted by Crippen LogP contribution is 2.22. The zero-order chi connectivity index (χ0) is 23.5. The Balaban J connectivity index is 1.22. The summed E-state index contributed by atoms with van der Waals surface area (Å²) in [7, 11) is 2.16. The Bertz CT molecular complexity index is 1120. The lowest BCUT2D eigenvalue weighted by atomic mass is 10.0. The van der Waals surface area contributed by atoms with Crippen molar-refractivity contribution in [1.82, 2.24) is 19.8 Å². The zero-order valence-electron chi connectivity index (χ0n) is 20.0. The molecule has 34 heavy (non-hydrogen) atoms. The van der Waals surface area contributed by atoms with Gasteiger partial charge in [-0.05, 0) is 37.2 Å². The van der Waals surface area contributed by atoms with Crippen LogP contribution >= 0.6 is 0 Å². The molecule has 1 amide bonds. The summed E-state index contributed by atoms with van der Waals surface area (Å²) in [4.78, 5) is 31.5. The SMILES string of the molecule is Cc1cc(N2CCN(C)CC2)nc(N2CCN(C(=O)c3ccc(-c4ccccc4)cc3)CC2)n1. The molecular weight excluding hydrogens is 424 g/mol. The van der Waals surface area contributed by atoms with Gasteiger partial charge in [0, 0.05) is 69.7 Å². The second-order valence-electron chi connectivity index (χ2n) is 9.18. The van der Waals surface area contributed by atoms with E-state index in [4.69, 9.17) is 9.97 Å². The van der Waals surface area contributed by atoms with Crippen LogP contribution in [0, 0.1) is 6.92 Å². The van der Waals surface area contributed by atoms with Gasteiger partial charge in [0.05, 0.1) is 0 Å². The van der Waals surface area contributed by atoms with Crippen LogP contribution in [0.15, 0.2) is 60.7 Å². The van der Waals surface area contributed by atoms with E-state index in [-0.39, 0.29) is 5.91 Å². The molecule has 0 bridgehead atoms. The average Bonchev–Trinajstić information content (AvgIpc) is 2.89. The van der Waals surface area contributed by atoms with E-state index in [1.807, 2.05) is 54.3 Å². The number of hydrogen-bond acceptors (Lipinski definition) is 6. The van der Waals surface area contributed by atoms with E-state index in [0.717, 1.165) is 73.4 Å². The first-order valence-electron chi connectivity index (χ1n) is 12.1. The highest BCUT2D eigenvalue weighted by Gasteiger charge is 2.25. The smallest absolute Gasteiger partial charge is 0.253 e. The molecule has 0 spiro atoms. The summed E-state index contributed by atoms with van der Waals surface area (Å²) in [6.45, 7) is 8.90. The van der Waals surface area contributed by atoms with Gasteiger partial charge in [-0.1, -0.05) is 42.5 Å². The summed E-state index contributed by atoms with van der Waals surface area (Å²) < 4.78 is 0. The number of hydrogen-bond donors (Lipinski definition) is 0. The normalized spacial score (nSPS) is 17.2. The van der Waals surface area contributed by atoms with E-state index in [0.29, 0.717) is 13.1 Å². The number of carbonyl (C=O) groups excluding carboxylic acids is 1. The van der Waals surface area contributed by atoms with Gasteiger partial charge in [-0.3, -0.25) is 4.79 Å². The van der Waals surface area contributed by atoms with Crippen molar-refractivity contribution in [3.8, 4) is 11.1 Å². The van der Waals surface area contributed by atoms with E-state index in [9.17, 15) is 4.79 Å². The van der Waals surface area contributed by atoms with Gasteiger partial charge in [0.1, 0.15) is 5.82 Å². The third-order valence-corrected chi connectivity index (χ3v) is 6.74. The van der Waals surface area contributed by atoms with Gasteiger partial charge in [-0.25, -0.2) is 4.98 Å². The van der Waals surface area contributed by atoms with Crippen LogP contribution in [0.4, 0.5) is 11.8 Å². The predicted octanol–water partition coefficient (Wildman–Crippen LogP) is 3.17. The molecule has 0 aliphatic carbocycles. The largest absolute Gasteiger partial charge is 0.354 e. The molecule has 7 heteroatoms. The number of rotatable bonds is 4. The Morgan fingerprint density at radius 3 is 2.03 bits per heavy atom. The second kappa shape index (κ2) is 9.81. The second-order valence-corrected chi connectivity index (χ2v) is 9.18. The minimum atomic E-state index is 0.0857. The summed E-state index contributed by atoms with van der Waals surface area (Å²) in [6, 6.07) is 20.2. The number of aromatic nitrogens is 2. The molecular formula is C27H32N6O. The lowest BCUT2D eigenvalue weighted by molar-refractivity contribution is 0.0746. The molecule has 2 aliphatic rings. The van der Waals surface area contributed by atoms with Crippen LogP contribution in [-0.2, 0) is 0 Å². The topological polar surface area (TPSA) is 55.8 Å². The number of benzene rings is 2. The summed E-state index contributed by atoms with van der Waals surface area (Å²) >= 11 is 0. The fourth-order valence-corrected chi connectivity index (χ4v) is 4.60. The number of carbonyl (C=O) groups is 1. The highest BCUT2D eigenvalue weighted by atomic mass is 16.2. The van der Waals surface area contributed by atoms with Crippen molar-refractivity contribution in [2.75, 3.05) is 69.2 Å². The molecule has 7 nitrogen and oxygen atoms in total. The van der Waals surface area contributed by atoms with E-state index in [1.54, 1.807) is 0 Å². The molecule has 2 saturated heterocycles. The lowest BCUT2D eigenvalue weighted by Gasteiger charge is -2.36. The van der Waals surface area contributed by atoms with Gasteiger partial charge >= 0.3 is 0 Å². The third-order valence-electron chi connectivity index (χ3n) is 6.74. The van der Waals surface area contributed by atoms with Crippen LogP contribution in [0.25, 0.3) is 11.1 Å². The maximum Gasteiger partial charge on any atom is 0.253 e. The van der Waals surface area contributed by atoms with Crippen molar-refractivity contribution in [2.45, 2.75) is 6.92 Å². The molecule has 0 radical (unpaired) electrons. The molecule has 2 aromatic carbocycles. The number of nitrogens with zero attached hydrogens (tertiary/aromatic N) is 6. The quantitative estimate of drug-likeness (QED) is 0.601. The molecule has 0 unspecified atom stereocenters. The number of piperazine rings is 2. The number of amides is 1. The molecule has 1 aromatic heterocycles. The molecule has 2 aliphatic heterocycles. The van der Waals surface area contributed by atoms with Crippen molar-refractivity contribution in [2.24, 2.45) is 0 Å². The maximum atomic E-state index is 13.1. The van der Waals surface area contributed by atoms with Crippen LogP contribution in [0.2, 0.25) is 0 Å². The Kier molecular flexibility index (Phi) is 6.45. The first-order valence-corrected chi connectivity index (χ1v) is 12.1. The summed E-state index contributed by atoms with van der Waals surface area (Å²) in [6.07, 6.45) is 0. The van der Waals surface area contributed by atoms with Crippen molar-refractivity contribution < 1.29 is 4.79 Å². The van der Waals surface area contributed by atoms with E-state index in [1.165, 1.54) is 0 Å². The molecule has 5 rings (SSSR count). The van der Waals surface area contributed by atoms with Crippen LogP contribution < -0.4 is 9.80 Å². The fraction of sp³-hybridized carbons (Fsp3) is 0.370. The monoisotopic (exact) mass is 456 g/mol. The average molecular weight is 457 g/mol. The Morgan fingerprint density at radius 2 is 1.35 bits per heavy atom. The van der Waals surface area contributed by atoms with Gasteiger partial charge in [0.25, 0.3) is 5.91 Å². The summed E-state index contributed by atoms with van der Waals surface area (Å²) in [5.41, 5.74) is 3.99. The summed E-state index contributed by atoms with van der Waals surface area (Å²) in [5.74, 6) is 1.86. The highest BCUT2D eigenvalue weighted by molar-refractivity contribution is 5.94. The molecule has 3 heterocycles. The standard InChI is InChI=1S/C27H32N6O/c1-21-20-25(31-14-12-30(2)13-15-31)29-27(28-21)33-18-16-32(17-19-33)26(34)24-10-8-23(9-11-24)22-6-4-3-5-7-22/h3-11,20H,12-19H2,1-2H3. The molecule has 0 saturated carbocycles. The van der Waals surface area contributed by atoms with Crippen LogP contribution in [-0.4, -0.2) is 85.1 Å². The Hall–Kier alpha value is -3.45. The molecule has 0 atom stereocenters. The number of likely N-dealkylation sites (N-methyl/N-ethyl adjacent to an activating group) is 1. The zero-order valence-corrected chi connectivity index (χ0v) is 20.0. The Labute approximate surface area is 201 Å². The first-order chi connectivity index (χ1) is 16.6. The van der Waals surface area contributed by atoms with Gasteiger partial charge in [-0.2, -0.15) is 4.98 Å². The minimum absolute atomic E-state index is 0.0857. The molecule has 176 valence electrons. The van der Waals surface area contributed by atoms with E-state index in [2.05, 4.69) is 39.9 Å². The van der Waals surface area contributed by atoms with Crippen molar-refractivity contribution in [1.29, 1.82) is 0 Å². The molecule has 0 N–H and O–H groups in total. The molecule has 3 aromatic rings. The van der Waals surface area contributed by atoms with Gasteiger partial charge < -0.3 is 19.6 Å². The van der Waals surface area contributed by atoms with E-state index >= 15 is 0 Å². The predicted molar refractivity (Wildman–Crippen MR) is 136 cm³/mol. The van der Waals surface area contributed by atoms with Crippen LogP contribution in [0.3, 0.4) is 0 Å². The van der Waals surface area contributed by atoms with Crippen LogP contribution in [0.5, 0.6) is 0 Å². The third kappa shape index (κ3) is 4.89. The van der Waals surface area contributed by atoms with E-state index < -0.39 is 0 Å². The maximum absolute atomic E-state index is 13.1. The van der Waals surface area contributed by atoms with Gasteiger partial charge in [-0.15, -0.1) is 0 Å². The first kappa shape index (κ1) is 22.3. The van der Waals surface area contributed by atoms with Crippen molar-refractivity contribution in [3.63, 3.8) is 0 Å². The Morgan fingerprint density at radius 1 is 0.735 bits per heavy atom. The fourth-order valence-electron chi connectivity index (χ4n) is 4.60. The van der Waals surface area contributed by atoms with Gasteiger partial charge in [0.15, 0.2) is 0 Å². The number of aryl methyl sites for hydroxylation is 1. The summed E-state index contributed by atoms with van der Waals surface area (Å²) in [5, 5.41) is 0. The minimum Gasteiger partial charge on any atom is -0.354 e. The van der Waals surface area contributed by atoms with Crippen molar-refractivity contribution >= 4 is 17.7 Å². The van der Waals surface area contributed by atoms with Crippen molar-refractivity contribution in [3.05, 3.63) is 71.9 Å². The number of anilines is 2.